The van der Waals surface area contributed by atoms with Crippen LogP contribution in [0, 0.1) is 6.92 Å². The summed E-state index contributed by atoms with van der Waals surface area (Å²) in [6, 6.07) is 21.6. The van der Waals surface area contributed by atoms with E-state index in [1.165, 1.54) is 29.2 Å². The largest absolute Gasteiger partial charge is 0.352 e. The van der Waals surface area contributed by atoms with Crippen LogP contribution in [0.2, 0.25) is 5.02 Å². The Kier molecular flexibility index (Phi) is 9.87. The number of sulfonamides is 1. The van der Waals surface area contributed by atoms with Crippen LogP contribution in [0.5, 0.6) is 0 Å². The zero-order chi connectivity index (χ0) is 28.7. The standard InChI is InChI=1S/C31H36ClN3O4S/c1-23-11-9-10-16-29(23)35(40(38,39)28-19-17-26(32)18-20-28)22-30(36)34(21-25-12-5-3-6-13-25)24(2)31(37)33-27-14-7-4-8-15-27/h3,5-6,9-13,16-20,24,27H,4,7-8,14-15,21-22H2,1-2H3,(H,33,37)/t24-/m1/s1. The summed E-state index contributed by atoms with van der Waals surface area (Å²) >= 11 is 6.01. The van der Waals surface area contributed by atoms with Gasteiger partial charge in [-0.3, -0.25) is 13.9 Å². The van der Waals surface area contributed by atoms with E-state index in [-0.39, 0.29) is 23.4 Å². The fourth-order valence-corrected chi connectivity index (χ4v) is 6.63. The highest BCUT2D eigenvalue weighted by molar-refractivity contribution is 7.92. The van der Waals surface area contributed by atoms with Gasteiger partial charge >= 0.3 is 0 Å². The predicted molar refractivity (Wildman–Crippen MR) is 159 cm³/mol. The third-order valence-corrected chi connectivity index (χ3v) is 9.41. The molecule has 1 fully saturated rings. The van der Waals surface area contributed by atoms with E-state index in [9.17, 15) is 18.0 Å². The van der Waals surface area contributed by atoms with Crippen molar-refractivity contribution in [2.75, 3.05) is 10.8 Å². The van der Waals surface area contributed by atoms with E-state index in [2.05, 4.69) is 5.32 Å². The molecular formula is C31H36ClN3O4S. The van der Waals surface area contributed by atoms with Crippen LogP contribution in [0.15, 0.2) is 83.8 Å². The van der Waals surface area contributed by atoms with Crippen molar-refractivity contribution < 1.29 is 18.0 Å². The summed E-state index contributed by atoms with van der Waals surface area (Å²) in [5, 5.41) is 3.52. The number of amides is 2. The normalized spacial score (nSPS) is 14.8. The molecule has 3 aromatic carbocycles. The maximum Gasteiger partial charge on any atom is 0.264 e. The molecule has 1 aliphatic rings. The van der Waals surface area contributed by atoms with Crippen LogP contribution in [0.4, 0.5) is 5.69 Å². The van der Waals surface area contributed by atoms with Crippen molar-refractivity contribution in [2.45, 2.75) is 69.5 Å². The smallest absolute Gasteiger partial charge is 0.264 e. The van der Waals surface area contributed by atoms with Gasteiger partial charge in [0.25, 0.3) is 10.0 Å². The van der Waals surface area contributed by atoms with Crippen LogP contribution >= 0.6 is 11.6 Å². The van der Waals surface area contributed by atoms with Gasteiger partial charge in [-0.1, -0.05) is 79.4 Å². The van der Waals surface area contributed by atoms with Crippen molar-refractivity contribution in [2.24, 2.45) is 0 Å². The highest BCUT2D eigenvalue weighted by atomic mass is 35.5. The molecule has 212 valence electrons. The lowest BCUT2D eigenvalue weighted by Crippen LogP contribution is -2.53. The number of aryl methyl sites for hydroxylation is 1. The average molecular weight is 582 g/mol. The second-order valence-corrected chi connectivity index (χ2v) is 12.6. The number of para-hydroxylation sites is 1. The first-order valence-corrected chi connectivity index (χ1v) is 15.5. The van der Waals surface area contributed by atoms with Gasteiger partial charge in [-0.15, -0.1) is 0 Å². The summed E-state index contributed by atoms with van der Waals surface area (Å²) in [5.41, 5.74) is 1.94. The first-order valence-electron chi connectivity index (χ1n) is 13.6. The molecule has 0 unspecified atom stereocenters. The van der Waals surface area contributed by atoms with Crippen molar-refractivity contribution in [1.82, 2.24) is 10.2 Å². The number of rotatable bonds is 10. The zero-order valence-corrected chi connectivity index (χ0v) is 24.5. The number of hydrogen-bond donors (Lipinski definition) is 1. The van der Waals surface area contributed by atoms with Crippen LogP contribution in [0.25, 0.3) is 0 Å². The second kappa shape index (κ2) is 13.3. The van der Waals surface area contributed by atoms with E-state index in [4.69, 9.17) is 11.6 Å². The molecule has 1 atom stereocenters. The van der Waals surface area contributed by atoms with Crippen LogP contribution in [0.3, 0.4) is 0 Å². The number of carbonyl (C=O) groups excluding carboxylic acids is 2. The van der Waals surface area contributed by atoms with E-state index < -0.39 is 28.5 Å². The van der Waals surface area contributed by atoms with Gasteiger partial charge in [0, 0.05) is 17.6 Å². The third-order valence-electron chi connectivity index (χ3n) is 7.38. The van der Waals surface area contributed by atoms with Crippen LogP contribution < -0.4 is 9.62 Å². The molecule has 9 heteroatoms. The van der Waals surface area contributed by atoms with Gasteiger partial charge in [-0.2, -0.15) is 0 Å². The fraction of sp³-hybridized carbons (Fsp3) is 0.355. The van der Waals surface area contributed by atoms with E-state index in [0.717, 1.165) is 42.0 Å². The van der Waals surface area contributed by atoms with Crippen molar-refractivity contribution in [1.29, 1.82) is 0 Å². The number of carbonyl (C=O) groups is 2. The monoisotopic (exact) mass is 581 g/mol. The van der Waals surface area contributed by atoms with E-state index >= 15 is 0 Å². The van der Waals surface area contributed by atoms with E-state index in [0.29, 0.717) is 16.3 Å². The summed E-state index contributed by atoms with van der Waals surface area (Å²) in [6.07, 6.45) is 5.15. The quantitative estimate of drug-likeness (QED) is 0.332. The molecule has 0 spiro atoms. The molecule has 0 saturated heterocycles. The minimum absolute atomic E-state index is 0.0191. The van der Waals surface area contributed by atoms with Gasteiger partial charge < -0.3 is 10.2 Å². The van der Waals surface area contributed by atoms with Gasteiger partial charge in [0.1, 0.15) is 12.6 Å². The summed E-state index contributed by atoms with van der Waals surface area (Å²) in [7, 11) is -4.14. The third kappa shape index (κ3) is 7.23. The lowest BCUT2D eigenvalue weighted by molar-refractivity contribution is -0.139. The van der Waals surface area contributed by atoms with Gasteiger partial charge in [0.05, 0.1) is 10.6 Å². The van der Waals surface area contributed by atoms with Crippen molar-refractivity contribution in [3.05, 3.63) is 95.0 Å². The van der Waals surface area contributed by atoms with Crippen LogP contribution in [0.1, 0.15) is 50.2 Å². The lowest BCUT2D eigenvalue weighted by atomic mass is 9.95. The number of benzene rings is 3. The number of hydrogen-bond acceptors (Lipinski definition) is 4. The van der Waals surface area contributed by atoms with Gasteiger partial charge in [0.15, 0.2) is 0 Å². The summed E-state index contributed by atoms with van der Waals surface area (Å²) in [5.74, 6) is -0.713. The van der Waals surface area contributed by atoms with Gasteiger partial charge in [0.2, 0.25) is 11.8 Å². The Morgan fingerprint density at radius 2 is 1.55 bits per heavy atom. The first-order chi connectivity index (χ1) is 19.2. The number of anilines is 1. The molecule has 0 heterocycles. The molecule has 1 N–H and O–H groups in total. The molecule has 1 saturated carbocycles. The molecule has 0 radical (unpaired) electrons. The second-order valence-electron chi connectivity index (χ2n) is 10.3. The number of nitrogens with zero attached hydrogens (tertiary/aromatic N) is 2. The summed E-state index contributed by atoms with van der Waals surface area (Å²) in [4.78, 5) is 28.9. The zero-order valence-electron chi connectivity index (χ0n) is 22.9. The Bertz CT molecular complexity index is 1410. The molecule has 3 aromatic rings. The number of halogens is 1. The van der Waals surface area contributed by atoms with Crippen molar-refractivity contribution >= 4 is 39.1 Å². The lowest BCUT2D eigenvalue weighted by Gasteiger charge is -2.33. The molecule has 0 aliphatic heterocycles. The molecule has 40 heavy (non-hydrogen) atoms. The Morgan fingerprint density at radius 3 is 2.20 bits per heavy atom. The summed E-state index contributed by atoms with van der Waals surface area (Å²) < 4.78 is 28.9. The topological polar surface area (TPSA) is 86.8 Å². The van der Waals surface area contributed by atoms with Gasteiger partial charge in [-0.05, 0) is 68.1 Å². The highest BCUT2D eigenvalue weighted by Gasteiger charge is 2.33. The minimum atomic E-state index is -4.14. The minimum Gasteiger partial charge on any atom is -0.352 e. The molecule has 7 nitrogen and oxygen atoms in total. The number of nitrogens with one attached hydrogen (secondary N) is 1. The predicted octanol–water partition coefficient (Wildman–Crippen LogP) is 5.71. The molecule has 0 bridgehead atoms. The van der Waals surface area contributed by atoms with E-state index in [1.807, 2.05) is 36.4 Å². The SMILES string of the molecule is Cc1ccccc1N(CC(=O)N(Cc1ccccc1)[C@H](C)C(=O)NC1CCCCC1)S(=O)(=O)c1ccc(Cl)cc1. The fourth-order valence-electron chi connectivity index (χ4n) is 5.02. The maximum absolute atomic E-state index is 14.0. The van der Waals surface area contributed by atoms with Crippen molar-refractivity contribution in [3.8, 4) is 0 Å². The molecule has 4 rings (SSSR count). The summed E-state index contributed by atoms with van der Waals surface area (Å²) in [6.45, 7) is 3.20. The van der Waals surface area contributed by atoms with Crippen LogP contribution in [-0.4, -0.2) is 43.8 Å². The van der Waals surface area contributed by atoms with Crippen molar-refractivity contribution in [3.63, 3.8) is 0 Å². The Labute approximate surface area is 242 Å². The first kappa shape index (κ1) is 29.6. The molecule has 1 aliphatic carbocycles. The van der Waals surface area contributed by atoms with Gasteiger partial charge in [-0.25, -0.2) is 8.42 Å². The molecular weight excluding hydrogens is 546 g/mol. The average Bonchev–Trinajstić information content (AvgIpc) is 2.96. The highest BCUT2D eigenvalue weighted by Crippen LogP contribution is 2.28. The molecule has 2 amide bonds. The van der Waals surface area contributed by atoms with E-state index in [1.54, 1.807) is 32.0 Å². The maximum atomic E-state index is 14.0. The Hall–Kier alpha value is -3.36. The van der Waals surface area contributed by atoms with Crippen LogP contribution in [-0.2, 0) is 26.2 Å². The molecule has 0 aromatic heterocycles. The Balaban J connectivity index is 1.67. The Morgan fingerprint density at radius 1 is 0.925 bits per heavy atom.